The van der Waals surface area contributed by atoms with Crippen LogP contribution in [0.1, 0.15) is 38.3 Å². The van der Waals surface area contributed by atoms with Crippen LogP contribution in [-0.4, -0.2) is 49.4 Å². The molecule has 0 aromatic heterocycles. The van der Waals surface area contributed by atoms with Crippen molar-refractivity contribution >= 4 is 35.3 Å². The Labute approximate surface area is 195 Å². The molecule has 0 saturated heterocycles. The van der Waals surface area contributed by atoms with E-state index < -0.39 is 0 Å². The maximum atomic E-state index is 13.3. The molecule has 32 heavy (non-hydrogen) atoms. The summed E-state index contributed by atoms with van der Waals surface area (Å²) in [5.74, 6) is -0.266. The number of fused-ring (bicyclic) bond motifs is 1. The normalized spacial score (nSPS) is 14.7. The molecular weight excluding hydrogens is 418 g/mol. The highest BCUT2D eigenvalue weighted by molar-refractivity contribution is 8.04. The van der Waals surface area contributed by atoms with Crippen LogP contribution in [0.15, 0.2) is 58.3 Å². The van der Waals surface area contributed by atoms with Gasteiger partial charge in [-0.2, -0.15) is 0 Å². The Morgan fingerprint density at radius 3 is 2.47 bits per heavy atom. The first-order valence-corrected chi connectivity index (χ1v) is 12.3. The molecule has 0 radical (unpaired) electrons. The fraction of sp³-hybridized carbons (Fsp3) is 0.385. The molecule has 0 aliphatic carbocycles. The topological polar surface area (TPSA) is 52.7 Å². The molecule has 0 atom stereocenters. The Morgan fingerprint density at radius 2 is 1.78 bits per heavy atom. The number of para-hydroxylation sites is 1. The van der Waals surface area contributed by atoms with Crippen LogP contribution in [0, 0.1) is 0 Å². The number of thioether (sulfide) groups is 1. The van der Waals surface area contributed by atoms with Gasteiger partial charge in [0, 0.05) is 11.4 Å². The minimum Gasteiger partial charge on any atom is -0.355 e. The van der Waals surface area contributed by atoms with Crippen LogP contribution in [0.4, 0.5) is 5.69 Å². The molecule has 1 aliphatic rings. The summed E-state index contributed by atoms with van der Waals surface area (Å²) in [4.78, 5) is 31.5. The minimum absolute atomic E-state index is 0.0216. The Morgan fingerprint density at radius 1 is 1.06 bits per heavy atom. The molecule has 5 nitrogen and oxygen atoms in total. The summed E-state index contributed by atoms with van der Waals surface area (Å²) in [6.07, 6.45) is 3.79. The predicted molar refractivity (Wildman–Crippen MR) is 134 cm³/mol. The third kappa shape index (κ3) is 6.24. The zero-order chi connectivity index (χ0) is 22.9. The van der Waals surface area contributed by atoms with Gasteiger partial charge < -0.3 is 10.2 Å². The zero-order valence-corrected chi connectivity index (χ0v) is 20.1. The number of benzene rings is 2. The molecule has 1 aliphatic heterocycles. The van der Waals surface area contributed by atoms with Gasteiger partial charge in [0.15, 0.2) is 0 Å². The van der Waals surface area contributed by atoms with Gasteiger partial charge in [0.25, 0.3) is 5.91 Å². The Balaban J connectivity index is 1.70. The second kappa shape index (κ2) is 11.9. The largest absolute Gasteiger partial charge is 0.355 e. The lowest BCUT2D eigenvalue weighted by atomic mass is 10.1. The number of hydrogen-bond acceptors (Lipinski definition) is 4. The van der Waals surface area contributed by atoms with Crippen molar-refractivity contribution in [2.75, 3.05) is 37.6 Å². The third-order valence-corrected chi connectivity index (χ3v) is 6.76. The molecule has 3 rings (SSSR count). The molecule has 0 bridgehead atoms. The minimum atomic E-state index is -0.133. The van der Waals surface area contributed by atoms with E-state index in [9.17, 15) is 9.59 Å². The molecule has 170 valence electrons. The van der Waals surface area contributed by atoms with Gasteiger partial charge in [-0.15, -0.1) is 0 Å². The molecule has 2 amide bonds. The van der Waals surface area contributed by atoms with E-state index in [-0.39, 0.29) is 18.4 Å². The molecule has 1 heterocycles. The molecule has 0 fully saturated rings. The number of nitrogens with one attached hydrogen (secondary N) is 1. The fourth-order valence-corrected chi connectivity index (χ4v) is 4.75. The Kier molecular flexibility index (Phi) is 8.94. The van der Waals surface area contributed by atoms with E-state index in [2.05, 4.69) is 43.1 Å². The van der Waals surface area contributed by atoms with E-state index >= 15 is 0 Å². The summed E-state index contributed by atoms with van der Waals surface area (Å²) in [7, 11) is 0. The first kappa shape index (κ1) is 24.1. The summed E-state index contributed by atoms with van der Waals surface area (Å²) in [5, 5.41) is 2.98. The van der Waals surface area contributed by atoms with Crippen LogP contribution in [0.25, 0.3) is 6.08 Å². The van der Waals surface area contributed by atoms with Crippen LogP contribution < -0.4 is 10.2 Å². The summed E-state index contributed by atoms with van der Waals surface area (Å²) in [6.45, 7) is 10.0. The van der Waals surface area contributed by atoms with Gasteiger partial charge in [0.2, 0.25) is 5.91 Å². The smallest absolute Gasteiger partial charge is 0.265 e. The van der Waals surface area contributed by atoms with Gasteiger partial charge in [0.05, 0.1) is 10.6 Å². The summed E-state index contributed by atoms with van der Waals surface area (Å²) < 4.78 is 0. The summed E-state index contributed by atoms with van der Waals surface area (Å²) in [5.41, 5.74) is 3.04. The second-order valence-corrected chi connectivity index (χ2v) is 8.88. The van der Waals surface area contributed by atoms with Crippen molar-refractivity contribution in [1.82, 2.24) is 10.2 Å². The van der Waals surface area contributed by atoms with Gasteiger partial charge >= 0.3 is 0 Å². The first-order valence-electron chi connectivity index (χ1n) is 11.4. The van der Waals surface area contributed by atoms with E-state index in [0.717, 1.165) is 48.6 Å². The number of carbonyl (C=O) groups is 2. The average Bonchev–Trinajstić information content (AvgIpc) is 2.82. The van der Waals surface area contributed by atoms with Crippen molar-refractivity contribution in [1.29, 1.82) is 0 Å². The van der Waals surface area contributed by atoms with Crippen molar-refractivity contribution in [2.24, 2.45) is 0 Å². The molecule has 0 saturated carbocycles. The average molecular weight is 452 g/mol. The van der Waals surface area contributed by atoms with Gasteiger partial charge in [-0.05, 0) is 61.8 Å². The van der Waals surface area contributed by atoms with Crippen LogP contribution in [-0.2, 0) is 16.0 Å². The van der Waals surface area contributed by atoms with Crippen molar-refractivity contribution in [3.05, 3.63) is 64.6 Å². The van der Waals surface area contributed by atoms with E-state index in [1.165, 1.54) is 17.3 Å². The number of nitrogens with zero attached hydrogens (tertiary/aromatic N) is 2. The number of anilines is 1. The lowest BCUT2D eigenvalue weighted by Crippen LogP contribution is -2.43. The third-order valence-electron chi connectivity index (χ3n) is 5.69. The van der Waals surface area contributed by atoms with Crippen LogP contribution >= 0.6 is 11.8 Å². The molecule has 1 N–H and O–H groups in total. The van der Waals surface area contributed by atoms with Gasteiger partial charge in [-0.3, -0.25) is 14.5 Å². The maximum absolute atomic E-state index is 13.3. The van der Waals surface area contributed by atoms with E-state index in [4.69, 9.17) is 0 Å². The molecule has 6 heteroatoms. The van der Waals surface area contributed by atoms with Gasteiger partial charge in [-0.25, -0.2) is 0 Å². The maximum Gasteiger partial charge on any atom is 0.265 e. The summed E-state index contributed by atoms with van der Waals surface area (Å²) >= 11 is 1.46. The lowest BCUT2D eigenvalue weighted by molar-refractivity contribution is -0.122. The van der Waals surface area contributed by atoms with E-state index in [1.807, 2.05) is 42.5 Å². The van der Waals surface area contributed by atoms with Crippen molar-refractivity contribution in [3.63, 3.8) is 0 Å². The number of carbonyl (C=O) groups excluding carboxylic acids is 2. The van der Waals surface area contributed by atoms with Crippen LogP contribution in [0.5, 0.6) is 0 Å². The number of hydrogen-bond donors (Lipinski definition) is 1. The highest BCUT2D eigenvalue weighted by atomic mass is 32.2. The van der Waals surface area contributed by atoms with E-state index in [0.29, 0.717) is 11.4 Å². The van der Waals surface area contributed by atoms with Crippen molar-refractivity contribution in [3.8, 4) is 0 Å². The SMILES string of the molecule is CCc1ccc(/C=C2/Sc3ccccc3N(CC(=O)NCCCN(CC)CC)C2=O)cc1. The number of rotatable bonds is 10. The Hall–Kier alpha value is -2.57. The number of amides is 2. The Bertz CT molecular complexity index is 952. The molecule has 0 unspecified atom stereocenters. The van der Waals surface area contributed by atoms with Crippen LogP contribution in [0.2, 0.25) is 0 Å². The van der Waals surface area contributed by atoms with Crippen LogP contribution in [0.3, 0.4) is 0 Å². The number of aryl methyl sites for hydroxylation is 1. The van der Waals surface area contributed by atoms with Crippen molar-refractivity contribution in [2.45, 2.75) is 38.5 Å². The standard InChI is InChI=1S/C26H33N3O2S/c1-4-20-12-14-21(15-13-20)18-24-26(31)29(22-10-7-8-11-23(22)32-24)19-25(30)27-16-9-17-28(5-2)6-3/h7-8,10-15,18H,4-6,9,16-17,19H2,1-3H3,(H,27,30)/b24-18+. The fourth-order valence-electron chi connectivity index (χ4n) is 3.69. The molecule has 2 aromatic rings. The zero-order valence-electron chi connectivity index (χ0n) is 19.3. The lowest BCUT2D eigenvalue weighted by Gasteiger charge is -2.30. The second-order valence-electron chi connectivity index (χ2n) is 7.80. The quantitative estimate of drug-likeness (QED) is 0.424. The predicted octanol–water partition coefficient (Wildman–Crippen LogP) is 4.58. The van der Waals surface area contributed by atoms with Gasteiger partial charge in [-0.1, -0.05) is 68.9 Å². The molecule has 2 aromatic carbocycles. The highest BCUT2D eigenvalue weighted by Crippen LogP contribution is 2.41. The monoisotopic (exact) mass is 451 g/mol. The van der Waals surface area contributed by atoms with Crippen molar-refractivity contribution < 1.29 is 9.59 Å². The van der Waals surface area contributed by atoms with E-state index in [1.54, 1.807) is 4.90 Å². The first-order chi connectivity index (χ1) is 15.5. The molecule has 0 spiro atoms. The highest BCUT2D eigenvalue weighted by Gasteiger charge is 2.30. The molecular formula is C26H33N3O2S. The summed E-state index contributed by atoms with van der Waals surface area (Å²) in [6, 6.07) is 16.0. The van der Waals surface area contributed by atoms with Gasteiger partial charge in [0.1, 0.15) is 6.54 Å².